The van der Waals surface area contributed by atoms with Crippen LogP contribution in [0, 0.1) is 0 Å². The molecule has 2 aromatic heterocycles. The molecular formula is C31H21F6N3O3. The van der Waals surface area contributed by atoms with Gasteiger partial charge in [0, 0.05) is 28.9 Å². The molecule has 6 rings (SSSR count). The normalized spacial score (nSPS) is 15.2. The molecule has 0 radical (unpaired) electrons. The van der Waals surface area contributed by atoms with Gasteiger partial charge in [-0.25, -0.2) is 5.10 Å². The fraction of sp³-hybridized carbons (Fsp3) is 0.161. The molecule has 43 heavy (non-hydrogen) atoms. The van der Waals surface area contributed by atoms with Crippen LogP contribution in [0.1, 0.15) is 45.0 Å². The van der Waals surface area contributed by atoms with Crippen molar-refractivity contribution in [1.82, 2.24) is 14.8 Å². The maximum atomic E-state index is 13.6. The van der Waals surface area contributed by atoms with Crippen LogP contribution in [-0.2, 0) is 25.2 Å². The van der Waals surface area contributed by atoms with E-state index in [2.05, 4.69) is 10.2 Å². The third-order valence-electron chi connectivity index (χ3n) is 7.51. The number of aromatic nitrogens is 3. The van der Waals surface area contributed by atoms with Gasteiger partial charge in [0.1, 0.15) is 0 Å². The van der Waals surface area contributed by atoms with E-state index in [0.717, 1.165) is 4.57 Å². The van der Waals surface area contributed by atoms with Gasteiger partial charge in [0.05, 0.1) is 27.9 Å². The minimum absolute atomic E-state index is 0.00569. The molecule has 3 N–H and O–H groups in total. The molecule has 0 aliphatic heterocycles. The van der Waals surface area contributed by atoms with Gasteiger partial charge in [-0.05, 0) is 53.9 Å². The predicted molar refractivity (Wildman–Crippen MR) is 145 cm³/mol. The van der Waals surface area contributed by atoms with Gasteiger partial charge in [0.2, 0.25) is 11.8 Å². The molecule has 2 heterocycles. The Kier molecular flexibility index (Phi) is 6.59. The highest BCUT2D eigenvalue weighted by atomic mass is 19.4. The molecule has 0 fully saturated rings. The summed E-state index contributed by atoms with van der Waals surface area (Å²) < 4.78 is 82.5. The maximum absolute atomic E-state index is 13.6. The summed E-state index contributed by atoms with van der Waals surface area (Å²) in [7, 11) is 0. The molecule has 0 spiro atoms. The van der Waals surface area contributed by atoms with Gasteiger partial charge in [0.25, 0.3) is 5.56 Å². The summed E-state index contributed by atoms with van der Waals surface area (Å²) in [6.07, 6.45) is -6.80. The molecule has 6 nitrogen and oxygen atoms in total. The highest BCUT2D eigenvalue weighted by molar-refractivity contribution is 5.83. The average molecular weight is 598 g/mol. The summed E-state index contributed by atoms with van der Waals surface area (Å²) in [5.74, 6) is -2.11. The van der Waals surface area contributed by atoms with Crippen LogP contribution in [0.5, 0.6) is 11.8 Å². The van der Waals surface area contributed by atoms with Crippen LogP contribution in [0.4, 0.5) is 26.3 Å². The fourth-order valence-corrected chi connectivity index (χ4v) is 5.54. The van der Waals surface area contributed by atoms with Gasteiger partial charge >= 0.3 is 12.4 Å². The van der Waals surface area contributed by atoms with Crippen molar-refractivity contribution < 1.29 is 36.6 Å². The first-order chi connectivity index (χ1) is 20.3. The summed E-state index contributed by atoms with van der Waals surface area (Å²) in [6.45, 7) is 0. The molecule has 220 valence electrons. The monoisotopic (exact) mass is 597 g/mol. The second kappa shape index (κ2) is 10.1. The van der Waals surface area contributed by atoms with Crippen LogP contribution >= 0.6 is 0 Å². The van der Waals surface area contributed by atoms with Crippen molar-refractivity contribution in [2.45, 2.75) is 31.1 Å². The van der Waals surface area contributed by atoms with E-state index in [0.29, 0.717) is 39.8 Å². The number of fused-ring (bicyclic) bond motifs is 2. The average Bonchev–Trinajstić information content (AvgIpc) is 3.23. The number of aromatic amines is 1. The van der Waals surface area contributed by atoms with Crippen LogP contribution in [0.2, 0.25) is 0 Å². The van der Waals surface area contributed by atoms with Gasteiger partial charge in [0.15, 0.2) is 0 Å². The lowest BCUT2D eigenvalue weighted by atomic mass is 9.84. The Morgan fingerprint density at radius 2 is 1.53 bits per heavy atom. The number of allylic oxidation sites excluding steroid dienone is 2. The Morgan fingerprint density at radius 3 is 2.21 bits per heavy atom. The highest BCUT2D eigenvalue weighted by Gasteiger charge is 2.39. The molecule has 0 saturated heterocycles. The van der Waals surface area contributed by atoms with E-state index in [9.17, 15) is 41.4 Å². The smallest absolute Gasteiger partial charge is 0.416 e. The number of benzene rings is 3. The fourth-order valence-electron chi connectivity index (χ4n) is 5.54. The Hall–Kier alpha value is -5.00. The maximum Gasteiger partial charge on any atom is 0.416 e. The second-order valence-electron chi connectivity index (χ2n) is 10.2. The summed E-state index contributed by atoms with van der Waals surface area (Å²) in [4.78, 5) is 12.2. The van der Waals surface area contributed by atoms with Crippen LogP contribution in [0.25, 0.3) is 16.5 Å². The molecule has 12 heteroatoms. The molecule has 0 bridgehead atoms. The largest absolute Gasteiger partial charge is 0.494 e. The number of nitrogens with zero attached hydrogens (tertiary/aromatic N) is 2. The van der Waals surface area contributed by atoms with E-state index >= 15 is 0 Å². The number of rotatable bonds is 4. The Morgan fingerprint density at radius 1 is 0.860 bits per heavy atom. The van der Waals surface area contributed by atoms with E-state index in [1.54, 1.807) is 48.5 Å². The molecule has 0 amide bonds. The quantitative estimate of drug-likeness (QED) is 0.154. The molecule has 1 atom stereocenters. The summed E-state index contributed by atoms with van der Waals surface area (Å²) in [5.41, 5.74) is -1.88. The standard InChI is InChI=1S/C31H21F6N3O3/c32-30(33,34)18-13-17(14-19(15-18)31(35,36)37)21-9-4-10-24-26(21)29(43)40(28(24)42)20-6-3-5-16(11-20)12-25-22-7-1-2-8-23(22)27(41)39-38-25/h1-9,11,13-15,21,42-43H,10,12H2,(H,39,41). The Labute approximate surface area is 239 Å². The molecule has 1 aliphatic rings. The lowest BCUT2D eigenvalue weighted by molar-refractivity contribution is -0.143. The molecule has 1 aliphatic carbocycles. The SMILES string of the molecule is O=c1[nH]nc(Cc2cccc(-n3c(O)c4c(c3O)C(c3cc(C(F)(F)F)cc(C(F)(F)F)c3)C=CC4)c2)c2ccccc12. The van der Waals surface area contributed by atoms with E-state index in [1.807, 2.05) is 0 Å². The number of nitrogens with one attached hydrogen (secondary N) is 1. The lowest BCUT2D eigenvalue weighted by Gasteiger charge is -2.21. The van der Waals surface area contributed by atoms with Gasteiger partial charge in [-0.2, -0.15) is 31.4 Å². The van der Waals surface area contributed by atoms with Crippen molar-refractivity contribution in [3.63, 3.8) is 0 Å². The zero-order chi connectivity index (χ0) is 30.7. The molecule has 3 aromatic carbocycles. The highest BCUT2D eigenvalue weighted by Crippen LogP contribution is 2.48. The Bertz CT molecular complexity index is 1940. The number of halogens is 6. The van der Waals surface area contributed by atoms with E-state index in [-0.39, 0.29) is 41.2 Å². The minimum atomic E-state index is -5.04. The second-order valence-corrected chi connectivity index (χ2v) is 10.2. The van der Waals surface area contributed by atoms with Gasteiger partial charge in [-0.15, -0.1) is 0 Å². The minimum Gasteiger partial charge on any atom is -0.494 e. The molecule has 1 unspecified atom stereocenters. The molecular weight excluding hydrogens is 576 g/mol. The summed E-state index contributed by atoms with van der Waals surface area (Å²) >= 11 is 0. The number of H-pyrrole nitrogens is 1. The van der Waals surface area contributed by atoms with Gasteiger partial charge in [-0.3, -0.25) is 9.36 Å². The van der Waals surface area contributed by atoms with Gasteiger partial charge in [-0.1, -0.05) is 42.5 Å². The van der Waals surface area contributed by atoms with E-state index in [4.69, 9.17) is 0 Å². The third kappa shape index (κ3) is 5.02. The molecule has 5 aromatic rings. The number of hydrogen-bond acceptors (Lipinski definition) is 4. The Balaban J connectivity index is 1.43. The van der Waals surface area contributed by atoms with E-state index in [1.165, 1.54) is 12.2 Å². The first-order valence-electron chi connectivity index (χ1n) is 13.0. The van der Waals surface area contributed by atoms with Crippen molar-refractivity contribution in [2.75, 3.05) is 0 Å². The first kappa shape index (κ1) is 28.1. The molecule has 0 saturated carbocycles. The van der Waals surface area contributed by atoms with E-state index < -0.39 is 41.2 Å². The van der Waals surface area contributed by atoms with Crippen LogP contribution in [0.3, 0.4) is 0 Å². The van der Waals surface area contributed by atoms with Crippen molar-refractivity contribution in [1.29, 1.82) is 0 Å². The zero-order valence-corrected chi connectivity index (χ0v) is 22.0. The van der Waals surface area contributed by atoms with Crippen LogP contribution in [-0.4, -0.2) is 25.0 Å². The van der Waals surface area contributed by atoms with Crippen molar-refractivity contribution in [3.05, 3.63) is 128 Å². The van der Waals surface area contributed by atoms with Crippen molar-refractivity contribution >= 4 is 10.8 Å². The number of aromatic hydroxyl groups is 2. The number of hydrogen-bond donors (Lipinski definition) is 3. The van der Waals surface area contributed by atoms with Crippen LogP contribution in [0.15, 0.2) is 83.7 Å². The van der Waals surface area contributed by atoms with Crippen LogP contribution < -0.4 is 5.56 Å². The lowest BCUT2D eigenvalue weighted by Crippen LogP contribution is -2.14. The first-order valence-corrected chi connectivity index (χ1v) is 13.0. The van der Waals surface area contributed by atoms with Crippen molar-refractivity contribution in [3.8, 4) is 17.4 Å². The summed E-state index contributed by atoms with van der Waals surface area (Å²) in [5, 5.41) is 30.2. The third-order valence-corrected chi connectivity index (χ3v) is 7.51. The number of alkyl halides is 6. The summed E-state index contributed by atoms with van der Waals surface area (Å²) in [6, 6.07) is 14.9. The van der Waals surface area contributed by atoms with Crippen molar-refractivity contribution in [2.24, 2.45) is 0 Å². The predicted octanol–water partition coefficient (Wildman–Crippen LogP) is 7.00. The van der Waals surface area contributed by atoms with Gasteiger partial charge < -0.3 is 10.2 Å². The zero-order valence-electron chi connectivity index (χ0n) is 22.0. The topological polar surface area (TPSA) is 91.1 Å².